The molecular formula is C13H11F2NO3S. The fourth-order valence-corrected chi connectivity index (χ4v) is 2.73. The minimum atomic E-state index is -4.16. The first-order valence-corrected chi connectivity index (χ1v) is 7.05. The smallest absolute Gasteiger partial charge is 0.264 e. The third kappa shape index (κ3) is 2.88. The molecule has 0 aliphatic carbocycles. The van der Waals surface area contributed by atoms with Gasteiger partial charge in [-0.2, -0.15) is 0 Å². The molecule has 2 N–H and O–H groups in total. The van der Waals surface area contributed by atoms with Crippen molar-refractivity contribution >= 4 is 15.7 Å². The van der Waals surface area contributed by atoms with E-state index in [1.54, 1.807) is 6.92 Å². The molecule has 106 valence electrons. The van der Waals surface area contributed by atoms with Crippen LogP contribution in [0.4, 0.5) is 14.5 Å². The molecule has 2 aromatic rings. The van der Waals surface area contributed by atoms with E-state index in [1.165, 1.54) is 18.2 Å². The highest BCUT2D eigenvalue weighted by Crippen LogP contribution is 2.23. The Hall–Kier alpha value is -2.15. The van der Waals surface area contributed by atoms with E-state index in [2.05, 4.69) is 4.72 Å². The van der Waals surface area contributed by atoms with Crippen LogP contribution in [0, 0.1) is 18.6 Å². The number of halogens is 2. The Kier molecular flexibility index (Phi) is 3.63. The Bertz CT molecular complexity index is 760. The summed E-state index contributed by atoms with van der Waals surface area (Å²) in [5, 5.41) is 9.35. The van der Waals surface area contributed by atoms with E-state index >= 15 is 0 Å². The number of phenolic OH excluding ortho intramolecular Hbond substituents is 1. The first-order valence-electron chi connectivity index (χ1n) is 5.57. The summed E-state index contributed by atoms with van der Waals surface area (Å²) < 4.78 is 52.4. The molecule has 4 nitrogen and oxygen atoms in total. The summed E-state index contributed by atoms with van der Waals surface area (Å²) in [6.07, 6.45) is 0. The minimum absolute atomic E-state index is 0.0147. The van der Waals surface area contributed by atoms with Crippen LogP contribution in [0.2, 0.25) is 0 Å². The zero-order valence-electron chi connectivity index (χ0n) is 10.4. The minimum Gasteiger partial charge on any atom is -0.508 e. The Balaban J connectivity index is 2.38. The summed E-state index contributed by atoms with van der Waals surface area (Å²) in [7, 11) is -4.16. The highest BCUT2D eigenvalue weighted by atomic mass is 32.2. The predicted octanol–water partition coefficient (Wildman–Crippen LogP) is 2.78. The molecule has 2 aromatic carbocycles. The number of benzene rings is 2. The van der Waals surface area contributed by atoms with Gasteiger partial charge in [-0.3, -0.25) is 4.72 Å². The monoisotopic (exact) mass is 299 g/mol. The van der Waals surface area contributed by atoms with Gasteiger partial charge in [0.25, 0.3) is 10.0 Å². The second kappa shape index (κ2) is 5.09. The Morgan fingerprint density at radius 1 is 1.10 bits per heavy atom. The molecular weight excluding hydrogens is 288 g/mol. The van der Waals surface area contributed by atoms with Gasteiger partial charge in [-0.1, -0.05) is 0 Å². The molecule has 0 radical (unpaired) electrons. The van der Waals surface area contributed by atoms with Crippen molar-refractivity contribution in [3.63, 3.8) is 0 Å². The average Bonchev–Trinajstić information content (AvgIpc) is 2.33. The molecule has 7 heteroatoms. The van der Waals surface area contributed by atoms with Crippen molar-refractivity contribution < 1.29 is 22.3 Å². The first-order chi connectivity index (χ1) is 9.29. The van der Waals surface area contributed by atoms with Crippen LogP contribution in [0.15, 0.2) is 41.3 Å². The number of sulfonamides is 1. The van der Waals surface area contributed by atoms with E-state index in [0.717, 1.165) is 12.1 Å². The number of anilines is 1. The summed E-state index contributed by atoms with van der Waals surface area (Å²) in [4.78, 5) is -0.648. The molecule has 0 aliphatic heterocycles. The normalized spacial score (nSPS) is 11.3. The van der Waals surface area contributed by atoms with Gasteiger partial charge in [-0.05, 0) is 42.8 Å². The third-order valence-electron chi connectivity index (χ3n) is 2.63. The van der Waals surface area contributed by atoms with Crippen LogP contribution in [0.5, 0.6) is 5.75 Å². The SMILES string of the molecule is Cc1cc(NS(=O)(=O)c2ccc(F)cc2F)ccc1O. The lowest BCUT2D eigenvalue weighted by Crippen LogP contribution is -2.14. The molecule has 0 amide bonds. The first kappa shape index (κ1) is 14.3. The molecule has 0 fully saturated rings. The topological polar surface area (TPSA) is 66.4 Å². The lowest BCUT2D eigenvalue weighted by Gasteiger charge is -2.10. The predicted molar refractivity (Wildman–Crippen MR) is 70.0 cm³/mol. The summed E-state index contributed by atoms with van der Waals surface area (Å²) in [5.41, 5.74) is 0.633. The van der Waals surface area contributed by atoms with Crippen LogP contribution in [-0.4, -0.2) is 13.5 Å². The van der Waals surface area contributed by atoms with Crippen molar-refractivity contribution in [2.75, 3.05) is 4.72 Å². The van der Waals surface area contributed by atoms with Crippen molar-refractivity contribution in [3.05, 3.63) is 53.6 Å². The van der Waals surface area contributed by atoms with Crippen molar-refractivity contribution in [2.45, 2.75) is 11.8 Å². The fraction of sp³-hybridized carbons (Fsp3) is 0.0769. The fourth-order valence-electron chi connectivity index (χ4n) is 1.62. The van der Waals surface area contributed by atoms with Crippen LogP contribution < -0.4 is 4.72 Å². The number of aryl methyl sites for hydroxylation is 1. The quantitative estimate of drug-likeness (QED) is 0.856. The molecule has 0 saturated carbocycles. The van der Waals surface area contributed by atoms with E-state index in [-0.39, 0.29) is 11.4 Å². The zero-order valence-corrected chi connectivity index (χ0v) is 11.2. The Morgan fingerprint density at radius 3 is 2.40 bits per heavy atom. The molecule has 0 unspecified atom stereocenters. The average molecular weight is 299 g/mol. The van der Waals surface area contributed by atoms with Gasteiger partial charge in [0.05, 0.1) is 0 Å². The summed E-state index contributed by atoms with van der Waals surface area (Å²) in [6, 6.07) is 6.25. The van der Waals surface area contributed by atoms with E-state index < -0.39 is 26.6 Å². The van der Waals surface area contributed by atoms with Gasteiger partial charge in [-0.25, -0.2) is 17.2 Å². The molecule has 2 rings (SSSR count). The van der Waals surface area contributed by atoms with Crippen LogP contribution in [-0.2, 0) is 10.0 Å². The maximum Gasteiger partial charge on any atom is 0.264 e. The van der Waals surface area contributed by atoms with Crippen molar-refractivity contribution in [2.24, 2.45) is 0 Å². The molecule has 0 spiro atoms. The Morgan fingerprint density at radius 2 is 1.80 bits per heavy atom. The van der Waals surface area contributed by atoms with E-state index in [4.69, 9.17) is 0 Å². The molecule has 0 bridgehead atoms. The van der Waals surface area contributed by atoms with Gasteiger partial charge in [0.15, 0.2) is 0 Å². The summed E-state index contributed by atoms with van der Waals surface area (Å²) in [6.45, 7) is 1.59. The van der Waals surface area contributed by atoms with E-state index in [9.17, 15) is 22.3 Å². The van der Waals surface area contributed by atoms with Crippen molar-refractivity contribution in [1.82, 2.24) is 0 Å². The zero-order chi connectivity index (χ0) is 14.9. The Labute approximate surface area is 114 Å². The largest absolute Gasteiger partial charge is 0.508 e. The van der Waals surface area contributed by atoms with Crippen molar-refractivity contribution in [3.8, 4) is 5.75 Å². The van der Waals surface area contributed by atoms with Crippen LogP contribution >= 0.6 is 0 Å². The van der Waals surface area contributed by atoms with Crippen LogP contribution in [0.3, 0.4) is 0 Å². The summed E-state index contributed by atoms with van der Waals surface area (Å²) >= 11 is 0. The van der Waals surface area contributed by atoms with Gasteiger partial charge in [-0.15, -0.1) is 0 Å². The third-order valence-corrected chi connectivity index (χ3v) is 4.05. The van der Waals surface area contributed by atoms with Crippen molar-refractivity contribution in [1.29, 1.82) is 0 Å². The van der Waals surface area contributed by atoms with Gasteiger partial charge in [0, 0.05) is 11.8 Å². The standard InChI is InChI=1S/C13H11F2NO3S/c1-8-6-10(3-4-12(8)17)16-20(18,19)13-5-2-9(14)7-11(13)15/h2-7,16-17H,1H3. The molecule has 0 saturated heterocycles. The lowest BCUT2D eigenvalue weighted by atomic mass is 10.2. The van der Waals surface area contributed by atoms with Gasteiger partial charge in [0.2, 0.25) is 0 Å². The second-order valence-electron chi connectivity index (χ2n) is 4.18. The number of nitrogens with one attached hydrogen (secondary N) is 1. The number of hydrogen-bond acceptors (Lipinski definition) is 3. The number of hydrogen-bond donors (Lipinski definition) is 2. The highest BCUT2D eigenvalue weighted by Gasteiger charge is 2.19. The number of aromatic hydroxyl groups is 1. The van der Waals surface area contributed by atoms with E-state index in [0.29, 0.717) is 11.6 Å². The molecule has 0 atom stereocenters. The number of phenols is 1. The highest BCUT2D eigenvalue weighted by molar-refractivity contribution is 7.92. The van der Waals surface area contributed by atoms with Crippen LogP contribution in [0.25, 0.3) is 0 Å². The van der Waals surface area contributed by atoms with Crippen LogP contribution in [0.1, 0.15) is 5.56 Å². The lowest BCUT2D eigenvalue weighted by molar-refractivity contribution is 0.471. The maximum absolute atomic E-state index is 13.5. The molecule has 0 aliphatic rings. The molecule has 0 heterocycles. The van der Waals surface area contributed by atoms with Gasteiger partial charge < -0.3 is 5.11 Å². The number of rotatable bonds is 3. The summed E-state index contributed by atoms with van der Waals surface area (Å²) in [5.74, 6) is -2.02. The van der Waals surface area contributed by atoms with E-state index in [1.807, 2.05) is 0 Å². The molecule has 0 aromatic heterocycles. The molecule has 20 heavy (non-hydrogen) atoms. The van der Waals surface area contributed by atoms with Gasteiger partial charge >= 0.3 is 0 Å². The second-order valence-corrected chi connectivity index (χ2v) is 5.83. The maximum atomic E-state index is 13.5. The van der Waals surface area contributed by atoms with Gasteiger partial charge in [0.1, 0.15) is 22.3 Å².